The van der Waals surface area contributed by atoms with Crippen molar-refractivity contribution in [1.29, 1.82) is 0 Å². The van der Waals surface area contributed by atoms with Gasteiger partial charge in [0, 0.05) is 4.91 Å². The number of hydrogen-bond donors (Lipinski definition) is 4. The molecule has 1 heterocycles. The first-order chi connectivity index (χ1) is 7.11. The smallest absolute Gasteiger partial charge is 0.184 e. The van der Waals surface area contributed by atoms with Crippen molar-refractivity contribution in [3.63, 3.8) is 0 Å². The van der Waals surface area contributed by atoms with Crippen molar-refractivity contribution in [2.45, 2.75) is 30.7 Å². The highest BCUT2D eigenvalue weighted by atomic mass is 16.7. The first kappa shape index (κ1) is 12.0. The van der Waals surface area contributed by atoms with Crippen molar-refractivity contribution < 1.29 is 30.0 Å². The summed E-state index contributed by atoms with van der Waals surface area (Å²) >= 11 is 0. The van der Waals surface area contributed by atoms with Gasteiger partial charge in [0.2, 0.25) is 0 Å². The second kappa shape index (κ2) is 5.12. The number of aliphatic hydroxyl groups is 4. The van der Waals surface area contributed by atoms with Crippen LogP contribution in [-0.4, -0.2) is 57.7 Å². The topological polar surface area (TPSA) is 148 Å². The zero-order valence-corrected chi connectivity index (χ0v) is 7.54. The zero-order valence-electron chi connectivity index (χ0n) is 7.54. The third kappa shape index (κ3) is 2.48. The molecule has 4 N–H and O–H groups in total. The molecule has 0 aliphatic carbocycles. The minimum absolute atomic E-state index is 0.563. The van der Waals surface area contributed by atoms with E-state index in [0.29, 0.717) is 0 Å². The van der Waals surface area contributed by atoms with Crippen LogP contribution in [-0.2, 0) is 9.57 Å². The monoisotopic (exact) mass is 221 g/mol. The Bertz CT molecular complexity index is 255. The van der Waals surface area contributed by atoms with Gasteiger partial charge in [-0.3, -0.25) is 0 Å². The lowest BCUT2D eigenvalue weighted by Gasteiger charge is -2.38. The first-order valence-corrected chi connectivity index (χ1v) is 4.12. The Morgan fingerprint density at radius 3 is 2.53 bits per heavy atom. The molecular weight excluding hydrogens is 210 g/mol. The molecular formula is C6H11N3O6. The molecule has 1 saturated heterocycles. The Kier molecular flexibility index (Phi) is 4.09. The molecule has 9 nitrogen and oxygen atoms in total. The number of ether oxygens (including phenoxy) is 1. The average molecular weight is 221 g/mol. The number of rotatable bonds is 3. The predicted octanol–water partition coefficient (Wildman–Crippen LogP) is -1.97. The van der Waals surface area contributed by atoms with Gasteiger partial charge in [-0.1, -0.05) is 0 Å². The molecule has 0 aromatic carbocycles. The molecule has 1 aliphatic heterocycles. The molecule has 0 radical (unpaired) electrons. The highest BCUT2D eigenvalue weighted by molar-refractivity contribution is 4.89. The van der Waals surface area contributed by atoms with Gasteiger partial charge < -0.3 is 30.0 Å². The van der Waals surface area contributed by atoms with Gasteiger partial charge in [0.15, 0.2) is 12.4 Å². The van der Waals surface area contributed by atoms with Crippen molar-refractivity contribution in [3.05, 3.63) is 10.4 Å². The van der Waals surface area contributed by atoms with Crippen molar-refractivity contribution in [2.75, 3.05) is 6.61 Å². The maximum absolute atomic E-state index is 9.43. The third-order valence-corrected chi connectivity index (χ3v) is 2.04. The van der Waals surface area contributed by atoms with E-state index in [4.69, 9.17) is 20.5 Å². The third-order valence-electron chi connectivity index (χ3n) is 2.04. The van der Waals surface area contributed by atoms with Crippen LogP contribution in [0.2, 0.25) is 0 Å². The zero-order chi connectivity index (χ0) is 11.4. The van der Waals surface area contributed by atoms with Crippen LogP contribution >= 0.6 is 0 Å². The maximum atomic E-state index is 9.43. The Labute approximate surface area is 84.0 Å². The van der Waals surface area contributed by atoms with E-state index in [9.17, 15) is 10.2 Å². The second-order valence-electron chi connectivity index (χ2n) is 2.97. The Morgan fingerprint density at radius 2 is 2.00 bits per heavy atom. The van der Waals surface area contributed by atoms with Crippen molar-refractivity contribution >= 4 is 0 Å². The Morgan fingerprint density at radius 1 is 1.33 bits per heavy atom. The Balaban J connectivity index is 2.74. The van der Waals surface area contributed by atoms with Crippen LogP contribution in [0.4, 0.5) is 0 Å². The molecule has 0 aromatic heterocycles. The molecule has 9 heteroatoms. The molecule has 86 valence electrons. The summed E-state index contributed by atoms with van der Waals surface area (Å²) < 4.78 is 4.72. The molecule has 0 saturated carbocycles. The largest absolute Gasteiger partial charge is 0.424 e. The van der Waals surface area contributed by atoms with Crippen molar-refractivity contribution in [1.82, 2.24) is 0 Å². The van der Waals surface area contributed by atoms with E-state index in [-0.39, 0.29) is 0 Å². The van der Waals surface area contributed by atoms with Gasteiger partial charge in [-0.15, -0.1) is 0 Å². The summed E-state index contributed by atoms with van der Waals surface area (Å²) in [5.74, 6) is 0. The van der Waals surface area contributed by atoms with Crippen LogP contribution < -0.4 is 0 Å². The van der Waals surface area contributed by atoms with E-state index in [1.54, 1.807) is 0 Å². The van der Waals surface area contributed by atoms with Gasteiger partial charge in [0.05, 0.1) is 6.61 Å². The van der Waals surface area contributed by atoms with Crippen LogP contribution in [0.1, 0.15) is 0 Å². The van der Waals surface area contributed by atoms with Gasteiger partial charge in [0.25, 0.3) is 0 Å². The molecule has 15 heavy (non-hydrogen) atoms. The van der Waals surface area contributed by atoms with Crippen LogP contribution in [0, 0.1) is 0 Å². The van der Waals surface area contributed by atoms with Gasteiger partial charge >= 0.3 is 0 Å². The van der Waals surface area contributed by atoms with Crippen LogP contribution in [0.15, 0.2) is 5.28 Å². The SMILES string of the molecule is [N-]=[N+]=NO[C@H]1[C@H](O)[C@@H](O)C(O)O[C@@H]1CO. The highest BCUT2D eigenvalue weighted by Crippen LogP contribution is 2.22. The lowest BCUT2D eigenvalue weighted by atomic mass is 9.99. The summed E-state index contributed by atoms with van der Waals surface area (Å²) in [6.45, 7) is -0.563. The summed E-state index contributed by atoms with van der Waals surface area (Å²) in [6, 6.07) is 0. The summed E-state index contributed by atoms with van der Waals surface area (Å²) in [7, 11) is 0. The molecule has 1 fully saturated rings. The molecule has 5 atom stereocenters. The number of nitrogens with zero attached hydrogens (tertiary/aromatic N) is 3. The average Bonchev–Trinajstić information content (AvgIpc) is 2.24. The normalized spacial score (nSPS) is 40.7. The van der Waals surface area contributed by atoms with Crippen LogP contribution in [0.5, 0.6) is 0 Å². The predicted molar refractivity (Wildman–Crippen MR) is 44.0 cm³/mol. The summed E-state index contributed by atoms with van der Waals surface area (Å²) in [5.41, 5.74) is 8.00. The molecule has 0 amide bonds. The van der Waals surface area contributed by atoms with Gasteiger partial charge in [-0.2, -0.15) is 0 Å². The van der Waals surface area contributed by atoms with Gasteiger partial charge in [-0.25, -0.2) is 0 Å². The van der Waals surface area contributed by atoms with E-state index < -0.39 is 37.3 Å². The number of aliphatic hydroxyl groups excluding tert-OH is 4. The molecule has 0 spiro atoms. The summed E-state index contributed by atoms with van der Waals surface area (Å²) in [6.07, 6.45) is -7.04. The molecule has 1 aliphatic rings. The van der Waals surface area contributed by atoms with Gasteiger partial charge in [-0.05, 0) is 5.53 Å². The first-order valence-electron chi connectivity index (χ1n) is 4.12. The second-order valence-corrected chi connectivity index (χ2v) is 2.97. The molecule has 0 bridgehead atoms. The maximum Gasteiger partial charge on any atom is 0.184 e. The number of hydrogen-bond acceptors (Lipinski definition) is 7. The lowest BCUT2D eigenvalue weighted by molar-refractivity contribution is -0.294. The van der Waals surface area contributed by atoms with Gasteiger partial charge in [0.1, 0.15) is 23.6 Å². The minimum Gasteiger partial charge on any atom is -0.424 e. The molecule has 1 rings (SSSR count). The van der Waals surface area contributed by atoms with Crippen LogP contribution in [0.25, 0.3) is 10.4 Å². The van der Waals surface area contributed by atoms with E-state index in [0.717, 1.165) is 0 Å². The lowest BCUT2D eigenvalue weighted by Crippen LogP contribution is -2.58. The molecule has 0 aromatic rings. The summed E-state index contributed by atoms with van der Waals surface area (Å²) in [5, 5.41) is 39.3. The minimum atomic E-state index is -1.62. The Hall–Kier alpha value is -1.09. The molecule has 1 unspecified atom stereocenters. The standard InChI is InChI=1S/C6H11N3O6/c7-8-9-15-5-2(1-10)14-6(13)4(12)3(5)11/h2-6,10-13H,1H2/t2-,3-,4-,5-,6?/m1/s1. The van der Waals surface area contributed by atoms with Crippen molar-refractivity contribution in [2.24, 2.45) is 5.28 Å². The van der Waals surface area contributed by atoms with Crippen molar-refractivity contribution in [3.8, 4) is 0 Å². The van der Waals surface area contributed by atoms with E-state index in [1.807, 2.05) is 0 Å². The van der Waals surface area contributed by atoms with Crippen LogP contribution in [0.3, 0.4) is 0 Å². The number of azide groups is 1. The fourth-order valence-electron chi connectivity index (χ4n) is 1.27. The van der Waals surface area contributed by atoms with E-state index in [1.165, 1.54) is 0 Å². The fraction of sp³-hybridized carbons (Fsp3) is 1.00. The quantitative estimate of drug-likeness (QED) is 0.188. The fourth-order valence-corrected chi connectivity index (χ4v) is 1.27. The summed E-state index contributed by atoms with van der Waals surface area (Å²) in [4.78, 5) is 6.76. The van der Waals surface area contributed by atoms with E-state index >= 15 is 0 Å². The highest BCUT2D eigenvalue weighted by Gasteiger charge is 2.45. The van der Waals surface area contributed by atoms with E-state index in [2.05, 4.69) is 15.0 Å².